The van der Waals surface area contributed by atoms with Crippen LogP contribution in [-0.2, 0) is 14.8 Å². The molecule has 0 saturated carbocycles. The molecule has 0 aliphatic carbocycles. The zero-order valence-electron chi connectivity index (χ0n) is 22.0. The second kappa shape index (κ2) is 13.2. The number of nitrogens with zero attached hydrogens (tertiary/aromatic N) is 4. The highest BCUT2D eigenvalue weighted by molar-refractivity contribution is 7.89. The van der Waals surface area contributed by atoms with Gasteiger partial charge in [-0.05, 0) is 55.3 Å². The molecule has 1 aliphatic rings. The number of fused-ring (bicyclic) bond motifs is 1. The van der Waals surface area contributed by atoms with E-state index in [0.717, 1.165) is 41.8 Å². The van der Waals surface area contributed by atoms with Crippen molar-refractivity contribution in [3.8, 4) is 0 Å². The van der Waals surface area contributed by atoms with E-state index in [1.165, 1.54) is 39.9 Å². The molecule has 1 aliphatic heterocycles. The molecule has 0 spiro atoms. The van der Waals surface area contributed by atoms with Crippen LogP contribution in [0.3, 0.4) is 0 Å². The van der Waals surface area contributed by atoms with E-state index in [2.05, 4.69) is 18.1 Å². The molecule has 8 nitrogen and oxygen atoms in total. The number of carbonyl (C=O) groups is 1. The summed E-state index contributed by atoms with van der Waals surface area (Å²) in [5.74, 6) is -0.238. The Hall–Kier alpha value is -2.60. The van der Waals surface area contributed by atoms with Gasteiger partial charge in [0.05, 0.1) is 28.3 Å². The monoisotopic (exact) mass is 588 g/mol. The van der Waals surface area contributed by atoms with Gasteiger partial charge in [-0.15, -0.1) is 13.2 Å². The van der Waals surface area contributed by atoms with Crippen LogP contribution in [0.15, 0.2) is 66.6 Å². The molecule has 39 heavy (non-hydrogen) atoms. The van der Waals surface area contributed by atoms with Gasteiger partial charge in [0, 0.05) is 49.9 Å². The lowest BCUT2D eigenvalue weighted by atomic mass is 10.2. The van der Waals surface area contributed by atoms with Crippen molar-refractivity contribution >= 4 is 54.2 Å². The quantitative estimate of drug-likeness (QED) is 0.277. The largest absolute Gasteiger partial charge is 0.379 e. The lowest BCUT2D eigenvalue weighted by Gasteiger charge is -2.27. The number of amides is 1. The first-order chi connectivity index (χ1) is 18.8. The van der Waals surface area contributed by atoms with Crippen LogP contribution < -0.4 is 4.90 Å². The van der Waals surface area contributed by atoms with Gasteiger partial charge < -0.3 is 4.74 Å². The van der Waals surface area contributed by atoms with E-state index in [-0.39, 0.29) is 23.9 Å². The molecular formula is C28H33ClN4O4S2. The number of thiazole rings is 1. The highest BCUT2D eigenvalue weighted by Gasteiger charge is 2.25. The summed E-state index contributed by atoms with van der Waals surface area (Å²) < 4.78 is 33.9. The summed E-state index contributed by atoms with van der Waals surface area (Å²) in [6.45, 7) is 14.0. The fraction of sp³-hybridized carbons (Fsp3) is 0.357. The first kappa shape index (κ1) is 29.4. The molecular weight excluding hydrogens is 556 g/mol. The van der Waals surface area contributed by atoms with Gasteiger partial charge >= 0.3 is 0 Å². The maximum absolute atomic E-state index is 13.8. The topological polar surface area (TPSA) is 83.1 Å². The number of anilines is 1. The van der Waals surface area contributed by atoms with E-state index in [1.54, 1.807) is 17.0 Å². The predicted octanol–water partition coefficient (Wildman–Crippen LogP) is 4.99. The van der Waals surface area contributed by atoms with Gasteiger partial charge in [0.1, 0.15) is 0 Å². The van der Waals surface area contributed by atoms with Crippen molar-refractivity contribution in [3.05, 3.63) is 77.9 Å². The third-order valence-electron chi connectivity index (χ3n) is 6.58. The minimum absolute atomic E-state index is 0.104. The maximum atomic E-state index is 13.8. The first-order valence-corrected chi connectivity index (χ1v) is 15.4. The Morgan fingerprint density at radius 2 is 1.79 bits per heavy atom. The smallest absolute Gasteiger partial charge is 0.260 e. The van der Waals surface area contributed by atoms with Crippen LogP contribution in [0.4, 0.5) is 5.13 Å². The van der Waals surface area contributed by atoms with Gasteiger partial charge in [-0.1, -0.05) is 35.1 Å². The number of hydrogen-bond donors (Lipinski definition) is 0. The number of morpholine rings is 1. The van der Waals surface area contributed by atoms with Crippen LogP contribution in [0, 0.1) is 6.92 Å². The predicted molar refractivity (Wildman–Crippen MR) is 159 cm³/mol. The molecule has 3 aromatic rings. The molecule has 0 unspecified atom stereocenters. The first-order valence-electron chi connectivity index (χ1n) is 12.8. The molecule has 0 N–H and O–H groups in total. The summed E-state index contributed by atoms with van der Waals surface area (Å²) in [5, 5.41) is 1.21. The lowest BCUT2D eigenvalue weighted by Crippen LogP contribution is -2.39. The zero-order valence-corrected chi connectivity index (χ0v) is 24.4. The molecule has 1 saturated heterocycles. The summed E-state index contributed by atoms with van der Waals surface area (Å²) in [6.07, 6.45) is 3.81. The molecule has 11 heteroatoms. The van der Waals surface area contributed by atoms with Crippen LogP contribution in [-0.4, -0.2) is 81.0 Å². The van der Waals surface area contributed by atoms with Crippen molar-refractivity contribution in [2.45, 2.75) is 18.2 Å². The number of carbonyl (C=O) groups excluding carboxylic acids is 1. The van der Waals surface area contributed by atoms with Crippen molar-refractivity contribution in [2.24, 2.45) is 0 Å². The average molecular weight is 589 g/mol. The van der Waals surface area contributed by atoms with Crippen molar-refractivity contribution in [1.82, 2.24) is 14.2 Å². The fourth-order valence-electron chi connectivity index (χ4n) is 4.40. The Balaban J connectivity index is 1.61. The van der Waals surface area contributed by atoms with Crippen LogP contribution in [0.25, 0.3) is 10.2 Å². The van der Waals surface area contributed by atoms with Crippen LogP contribution >= 0.6 is 22.9 Å². The Morgan fingerprint density at radius 3 is 2.44 bits per heavy atom. The van der Waals surface area contributed by atoms with Gasteiger partial charge in [0.2, 0.25) is 10.0 Å². The molecule has 1 amide bonds. The van der Waals surface area contributed by atoms with E-state index in [9.17, 15) is 13.2 Å². The molecule has 1 aromatic heterocycles. The summed E-state index contributed by atoms with van der Waals surface area (Å²) in [7, 11) is -3.77. The Labute approximate surface area is 239 Å². The normalized spacial score (nSPS) is 14.5. The number of benzene rings is 2. The third kappa shape index (κ3) is 6.77. The van der Waals surface area contributed by atoms with E-state index in [0.29, 0.717) is 35.5 Å². The van der Waals surface area contributed by atoms with E-state index < -0.39 is 10.0 Å². The second-order valence-corrected chi connectivity index (χ2v) is 12.6. The Bertz CT molecular complexity index is 1420. The highest BCUT2D eigenvalue weighted by Crippen LogP contribution is 2.34. The van der Waals surface area contributed by atoms with Crippen molar-refractivity contribution < 1.29 is 17.9 Å². The second-order valence-electron chi connectivity index (χ2n) is 9.20. The number of ether oxygens (including phenoxy) is 1. The lowest BCUT2D eigenvalue weighted by molar-refractivity contribution is 0.0376. The van der Waals surface area contributed by atoms with Gasteiger partial charge in [-0.2, -0.15) is 4.31 Å². The molecule has 2 heterocycles. The molecule has 208 valence electrons. The number of sulfonamides is 1. The standard InChI is InChI=1S/C28H33ClN4O4S2/c1-4-13-32(14-5-2)39(35,36)23-9-7-22(8-10-23)27(34)33(16-6-15-31-17-19-37-20-18-31)28-30-26-21(3)24(29)11-12-25(26)38-28/h4-5,7-12H,1-2,6,13-20H2,3H3. The van der Waals surface area contributed by atoms with Gasteiger partial charge in [-0.3, -0.25) is 14.6 Å². The number of aromatic nitrogens is 1. The average Bonchev–Trinajstić information content (AvgIpc) is 3.38. The Kier molecular flexibility index (Phi) is 9.92. The minimum atomic E-state index is -3.77. The number of halogens is 1. The maximum Gasteiger partial charge on any atom is 0.260 e. The van der Waals surface area contributed by atoms with Crippen molar-refractivity contribution in [1.29, 1.82) is 0 Å². The SMILES string of the molecule is C=CCN(CC=C)S(=O)(=O)c1ccc(C(=O)N(CCCN2CCOCC2)c2nc3c(C)c(Cl)ccc3s2)cc1. The summed E-state index contributed by atoms with van der Waals surface area (Å²) in [4.78, 5) is 22.7. The number of aryl methyl sites for hydroxylation is 1. The summed E-state index contributed by atoms with van der Waals surface area (Å²) in [5.41, 5.74) is 2.03. The third-order valence-corrected chi connectivity index (χ3v) is 9.88. The van der Waals surface area contributed by atoms with Crippen LogP contribution in [0.1, 0.15) is 22.3 Å². The zero-order chi connectivity index (χ0) is 28.0. The van der Waals surface area contributed by atoms with Gasteiger partial charge in [0.25, 0.3) is 5.91 Å². The van der Waals surface area contributed by atoms with Crippen molar-refractivity contribution in [2.75, 3.05) is 57.4 Å². The molecule has 4 rings (SSSR count). The Morgan fingerprint density at radius 1 is 1.13 bits per heavy atom. The number of rotatable bonds is 12. The van der Waals surface area contributed by atoms with Crippen molar-refractivity contribution in [3.63, 3.8) is 0 Å². The summed E-state index contributed by atoms with van der Waals surface area (Å²) in [6, 6.07) is 9.80. The van der Waals surface area contributed by atoms with Crippen LogP contribution in [0.2, 0.25) is 5.02 Å². The van der Waals surface area contributed by atoms with E-state index in [1.807, 2.05) is 19.1 Å². The highest BCUT2D eigenvalue weighted by atomic mass is 35.5. The van der Waals surface area contributed by atoms with Gasteiger partial charge in [0.15, 0.2) is 5.13 Å². The molecule has 0 bridgehead atoms. The molecule has 2 aromatic carbocycles. The molecule has 1 fully saturated rings. The van der Waals surface area contributed by atoms with Gasteiger partial charge in [-0.25, -0.2) is 13.4 Å². The number of hydrogen-bond acceptors (Lipinski definition) is 7. The molecule has 0 atom stereocenters. The fourth-order valence-corrected chi connectivity index (χ4v) is 6.98. The molecule has 0 radical (unpaired) electrons. The summed E-state index contributed by atoms with van der Waals surface area (Å²) >= 11 is 7.76. The van der Waals surface area contributed by atoms with E-state index in [4.69, 9.17) is 21.3 Å². The van der Waals surface area contributed by atoms with Crippen LogP contribution in [0.5, 0.6) is 0 Å². The minimum Gasteiger partial charge on any atom is -0.379 e. The van der Waals surface area contributed by atoms with E-state index >= 15 is 0 Å².